The zero-order valence-electron chi connectivity index (χ0n) is 15.0. The molecule has 1 heterocycles. The van der Waals surface area contributed by atoms with Crippen LogP contribution in [-0.2, 0) is 10.0 Å². The van der Waals surface area contributed by atoms with E-state index in [1.165, 1.54) is 4.31 Å². The molecule has 0 amide bonds. The van der Waals surface area contributed by atoms with E-state index in [9.17, 15) is 13.2 Å². The van der Waals surface area contributed by atoms with Crippen LogP contribution in [0.15, 0.2) is 53.4 Å². The van der Waals surface area contributed by atoms with E-state index in [1.54, 1.807) is 25.3 Å². The smallest absolute Gasteiger partial charge is 0.243 e. The SMILES string of the molecule is COc1ccc(S(=O)(=O)N2CCC(C(=O)c3ccccc3)CC2)cc1C. The molecule has 5 nitrogen and oxygen atoms in total. The van der Waals surface area contributed by atoms with Crippen molar-refractivity contribution in [2.75, 3.05) is 20.2 Å². The Balaban J connectivity index is 1.71. The minimum atomic E-state index is -3.56. The van der Waals surface area contributed by atoms with Crippen molar-refractivity contribution in [3.05, 3.63) is 59.7 Å². The van der Waals surface area contributed by atoms with Crippen LogP contribution in [0, 0.1) is 12.8 Å². The summed E-state index contributed by atoms with van der Waals surface area (Å²) >= 11 is 0. The molecule has 0 spiro atoms. The zero-order valence-corrected chi connectivity index (χ0v) is 15.8. The van der Waals surface area contributed by atoms with Gasteiger partial charge in [0.15, 0.2) is 5.78 Å². The molecule has 138 valence electrons. The van der Waals surface area contributed by atoms with E-state index in [2.05, 4.69) is 0 Å². The van der Waals surface area contributed by atoms with E-state index >= 15 is 0 Å². The highest BCUT2D eigenvalue weighted by atomic mass is 32.2. The summed E-state index contributed by atoms with van der Waals surface area (Å²) in [6, 6.07) is 14.1. The van der Waals surface area contributed by atoms with Crippen LogP contribution < -0.4 is 4.74 Å². The van der Waals surface area contributed by atoms with Gasteiger partial charge in [-0.3, -0.25) is 4.79 Å². The number of Topliss-reactive ketones (excluding diaryl/α,β-unsaturated/α-hetero) is 1. The number of rotatable bonds is 5. The molecule has 0 atom stereocenters. The molecule has 1 aliphatic rings. The second-order valence-electron chi connectivity index (χ2n) is 6.54. The summed E-state index contributed by atoms with van der Waals surface area (Å²) < 4.78 is 32.4. The Morgan fingerprint density at radius 1 is 1.08 bits per heavy atom. The van der Waals surface area contributed by atoms with E-state index in [0.29, 0.717) is 37.2 Å². The van der Waals surface area contributed by atoms with Crippen molar-refractivity contribution in [3.8, 4) is 5.75 Å². The third-order valence-electron chi connectivity index (χ3n) is 4.89. The molecule has 26 heavy (non-hydrogen) atoms. The molecule has 2 aromatic rings. The predicted octanol–water partition coefficient (Wildman–Crippen LogP) is 3.29. The molecule has 0 aliphatic carbocycles. The Kier molecular flexibility index (Phi) is 5.44. The fraction of sp³-hybridized carbons (Fsp3) is 0.350. The second kappa shape index (κ2) is 7.60. The van der Waals surface area contributed by atoms with Crippen LogP contribution in [0.5, 0.6) is 5.75 Å². The van der Waals surface area contributed by atoms with Crippen LogP contribution in [0.4, 0.5) is 0 Å². The topological polar surface area (TPSA) is 63.7 Å². The number of sulfonamides is 1. The van der Waals surface area contributed by atoms with Gasteiger partial charge in [-0.2, -0.15) is 4.31 Å². The number of benzene rings is 2. The number of carbonyl (C=O) groups excluding carboxylic acids is 1. The highest BCUT2D eigenvalue weighted by molar-refractivity contribution is 7.89. The molecule has 0 bridgehead atoms. The highest BCUT2D eigenvalue weighted by Gasteiger charge is 2.32. The van der Waals surface area contributed by atoms with Crippen molar-refractivity contribution in [3.63, 3.8) is 0 Å². The second-order valence-corrected chi connectivity index (χ2v) is 8.48. The van der Waals surface area contributed by atoms with Gasteiger partial charge in [-0.25, -0.2) is 8.42 Å². The first kappa shape index (κ1) is 18.6. The molecular weight excluding hydrogens is 350 g/mol. The molecule has 1 fully saturated rings. The maximum atomic E-state index is 12.9. The van der Waals surface area contributed by atoms with Crippen molar-refractivity contribution >= 4 is 15.8 Å². The zero-order chi connectivity index (χ0) is 18.7. The number of aryl methyl sites for hydroxylation is 1. The number of hydrogen-bond donors (Lipinski definition) is 0. The normalized spacial score (nSPS) is 16.4. The van der Waals surface area contributed by atoms with Gasteiger partial charge in [0.05, 0.1) is 12.0 Å². The Bertz CT molecular complexity index is 885. The number of methoxy groups -OCH3 is 1. The van der Waals surface area contributed by atoms with Gasteiger partial charge in [0.1, 0.15) is 5.75 Å². The van der Waals surface area contributed by atoms with Crippen molar-refractivity contribution < 1.29 is 17.9 Å². The van der Waals surface area contributed by atoms with E-state index in [1.807, 2.05) is 37.3 Å². The van der Waals surface area contributed by atoms with E-state index in [-0.39, 0.29) is 16.6 Å². The first-order chi connectivity index (χ1) is 12.4. The molecular formula is C20H23NO4S. The lowest BCUT2D eigenvalue weighted by Crippen LogP contribution is -2.40. The maximum Gasteiger partial charge on any atom is 0.243 e. The van der Waals surface area contributed by atoms with Gasteiger partial charge in [-0.15, -0.1) is 0 Å². The third-order valence-corrected chi connectivity index (χ3v) is 6.78. The van der Waals surface area contributed by atoms with Gasteiger partial charge in [-0.1, -0.05) is 30.3 Å². The molecule has 3 rings (SSSR count). The largest absolute Gasteiger partial charge is 0.496 e. The van der Waals surface area contributed by atoms with Gasteiger partial charge < -0.3 is 4.74 Å². The summed E-state index contributed by atoms with van der Waals surface area (Å²) in [5, 5.41) is 0. The average molecular weight is 373 g/mol. The summed E-state index contributed by atoms with van der Waals surface area (Å²) in [6.45, 7) is 2.54. The Hall–Kier alpha value is -2.18. The minimum Gasteiger partial charge on any atom is -0.496 e. The Morgan fingerprint density at radius 3 is 2.31 bits per heavy atom. The van der Waals surface area contributed by atoms with Crippen molar-refractivity contribution in [1.82, 2.24) is 4.31 Å². The van der Waals surface area contributed by atoms with E-state index in [0.717, 1.165) is 5.56 Å². The van der Waals surface area contributed by atoms with Crippen LogP contribution in [0.25, 0.3) is 0 Å². The standard InChI is InChI=1S/C20H23NO4S/c1-15-14-18(8-9-19(15)25-2)26(23,24)21-12-10-17(11-13-21)20(22)16-6-4-3-5-7-16/h3-9,14,17H,10-13H2,1-2H3. The number of ether oxygens (including phenoxy) is 1. The molecule has 0 saturated carbocycles. The molecule has 1 saturated heterocycles. The number of nitrogens with zero attached hydrogens (tertiary/aromatic N) is 1. The van der Waals surface area contributed by atoms with Gasteiger partial charge in [0.2, 0.25) is 10.0 Å². The van der Waals surface area contributed by atoms with Gasteiger partial charge in [0.25, 0.3) is 0 Å². The van der Waals surface area contributed by atoms with Gasteiger partial charge in [0, 0.05) is 24.6 Å². The van der Waals surface area contributed by atoms with Crippen LogP contribution in [0.3, 0.4) is 0 Å². The van der Waals surface area contributed by atoms with Crippen molar-refractivity contribution in [2.24, 2.45) is 5.92 Å². The third kappa shape index (κ3) is 3.66. The number of piperidine rings is 1. The molecule has 0 radical (unpaired) electrons. The van der Waals surface area contributed by atoms with E-state index in [4.69, 9.17) is 4.74 Å². The summed E-state index contributed by atoms with van der Waals surface area (Å²) in [5.74, 6) is 0.639. The van der Waals surface area contributed by atoms with Crippen molar-refractivity contribution in [1.29, 1.82) is 0 Å². The quantitative estimate of drug-likeness (QED) is 0.755. The first-order valence-corrected chi connectivity index (χ1v) is 10.1. The van der Waals surface area contributed by atoms with Crippen LogP contribution in [0.2, 0.25) is 0 Å². The number of hydrogen-bond acceptors (Lipinski definition) is 4. The lowest BCUT2D eigenvalue weighted by Gasteiger charge is -2.30. The predicted molar refractivity (Wildman–Crippen MR) is 100.0 cm³/mol. The molecule has 1 aliphatic heterocycles. The molecule has 0 aromatic heterocycles. The van der Waals surface area contributed by atoms with Crippen LogP contribution >= 0.6 is 0 Å². The fourth-order valence-electron chi connectivity index (χ4n) is 3.36. The summed E-state index contributed by atoms with van der Waals surface area (Å²) in [4.78, 5) is 12.8. The average Bonchev–Trinajstić information content (AvgIpc) is 2.68. The lowest BCUT2D eigenvalue weighted by molar-refractivity contribution is 0.0875. The Labute approximate surface area is 154 Å². The highest BCUT2D eigenvalue weighted by Crippen LogP contribution is 2.28. The lowest BCUT2D eigenvalue weighted by atomic mass is 9.90. The van der Waals surface area contributed by atoms with Gasteiger partial charge in [-0.05, 0) is 43.5 Å². The number of ketones is 1. The Morgan fingerprint density at radius 2 is 1.73 bits per heavy atom. The summed E-state index contributed by atoms with van der Waals surface area (Å²) in [5.41, 5.74) is 1.47. The molecule has 2 aromatic carbocycles. The van der Waals surface area contributed by atoms with Crippen molar-refractivity contribution in [2.45, 2.75) is 24.7 Å². The number of carbonyl (C=O) groups is 1. The fourth-order valence-corrected chi connectivity index (χ4v) is 4.91. The molecule has 0 N–H and O–H groups in total. The summed E-state index contributed by atoms with van der Waals surface area (Å²) in [6.07, 6.45) is 1.09. The van der Waals surface area contributed by atoms with Crippen LogP contribution in [-0.4, -0.2) is 38.7 Å². The first-order valence-electron chi connectivity index (χ1n) is 8.67. The minimum absolute atomic E-state index is 0.0999. The van der Waals surface area contributed by atoms with E-state index < -0.39 is 10.0 Å². The molecule has 6 heteroatoms. The maximum absolute atomic E-state index is 12.9. The van der Waals surface area contributed by atoms with Gasteiger partial charge >= 0.3 is 0 Å². The molecule has 0 unspecified atom stereocenters. The summed E-state index contributed by atoms with van der Waals surface area (Å²) in [7, 11) is -2.00. The monoisotopic (exact) mass is 373 g/mol. The van der Waals surface area contributed by atoms with Crippen LogP contribution in [0.1, 0.15) is 28.8 Å².